The van der Waals surface area contributed by atoms with Crippen molar-refractivity contribution >= 4 is 32.4 Å². The van der Waals surface area contributed by atoms with Gasteiger partial charge in [0.1, 0.15) is 16.7 Å². The minimum absolute atomic E-state index is 0.0486. The predicted molar refractivity (Wildman–Crippen MR) is 53.1 cm³/mol. The number of hydrogen-bond donors (Lipinski definition) is 2. The molecule has 0 aliphatic carbocycles. The molecule has 0 bridgehead atoms. The van der Waals surface area contributed by atoms with Crippen LogP contribution in [0.5, 0.6) is 5.75 Å². The summed E-state index contributed by atoms with van der Waals surface area (Å²) in [5.41, 5.74) is -0.0486. The van der Waals surface area contributed by atoms with Gasteiger partial charge in [-0.05, 0) is 6.07 Å². The van der Waals surface area contributed by atoms with Crippen molar-refractivity contribution in [1.82, 2.24) is 0 Å². The van der Waals surface area contributed by atoms with Crippen LogP contribution in [0.3, 0.4) is 0 Å². The van der Waals surface area contributed by atoms with Crippen LogP contribution >= 0.6 is 23.3 Å². The van der Waals surface area contributed by atoms with Gasteiger partial charge in [-0.3, -0.25) is 0 Å². The van der Waals surface area contributed by atoms with E-state index < -0.39 is 9.05 Å². The molecule has 0 saturated heterocycles. The third-order valence-corrected chi connectivity index (χ3v) is 3.42. The summed E-state index contributed by atoms with van der Waals surface area (Å²) in [5, 5.41) is 17.7. The molecular weight excluding hydrogens is 246 g/mol. The van der Waals surface area contributed by atoms with E-state index in [2.05, 4.69) is 12.6 Å². The Balaban J connectivity index is 3.64. The van der Waals surface area contributed by atoms with E-state index in [-0.39, 0.29) is 21.1 Å². The van der Waals surface area contributed by atoms with E-state index in [1.807, 2.05) is 0 Å². The Bertz CT molecular complexity index is 518. The SMILES string of the molecule is N#Cc1cc(O)cc(S(=O)(=O)Cl)c1S. The van der Waals surface area contributed by atoms with Gasteiger partial charge >= 0.3 is 0 Å². The average Bonchev–Trinajstić information content (AvgIpc) is 2.06. The lowest BCUT2D eigenvalue weighted by Gasteiger charge is -2.03. The molecular formula is C7H4ClNO3S2. The van der Waals surface area contributed by atoms with Crippen molar-refractivity contribution in [3.63, 3.8) is 0 Å². The van der Waals surface area contributed by atoms with E-state index in [4.69, 9.17) is 21.1 Å². The van der Waals surface area contributed by atoms with Crippen molar-refractivity contribution < 1.29 is 13.5 Å². The van der Waals surface area contributed by atoms with Crippen molar-refractivity contribution in [2.75, 3.05) is 0 Å². The molecule has 0 atom stereocenters. The van der Waals surface area contributed by atoms with E-state index in [0.717, 1.165) is 12.1 Å². The number of aromatic hydroxyl groups is 1. The third-order valence-electron chi connectivity index (χ3n) is 1.44. The fourth-order valence-electron chi connectivity index (χ4n) is 0.864. The van der Waals surface area contributed by atoms with Crippen LogP contribution in [0.15, 0.2) is 21.9 Å². The first kappa shape index (κ1) is 11.2. The van der Waals surface area contributed by atoms with Crippen LogP contribution in [-0.4, -0.2) is 13.5 Å². The largest absolute Gasteiger partial charge is 0.508 e. The molecule has 7 heteroatoms. The van der Waals surface area contributed by atoms with E-state index in [1.54, 1.807) is 6.07 Å². The van der Waals surface area contributed by atoms with Crippen LogP contribution < -0.4 is 0 Å². The second kappa shape index (κ2) is 3.69. The van der Waals surface area contributed by atoms with Gasteiger partial charge in [0, 0.05) is 21.6 Å². The van der Waals surface area contributed by atoms with E-state index in [1.165, 1.54) is 0 Å². The molecule has 0 heterocycles. The molecule has 0 radical (unpaired) electrons. The van der Waals surface area contributed by atoms with E-state index >= 15 is 0 Å². The zero-order valence-electron chi connectivity index (χ0n) is 6.60. The van der Waals surface area contributed by atoms with Gasteiger partial charge in [0.15, 0.2) is 0 Å². The molecule has 1 rings (SSSR count). The molecule has 0 unspecified atom stereocenters. The smallest absolute Gasteiger partial charge is 0.262 e. The number of thiol groups is 1. The summed E-state index contributed by atoms with van der Waals surface area (Å²) in [7, 11) is 1.06. The minimum Gasteiger partial charge on any atom is -0.508 e. The van der Waals surface area contributed by atoms with Crippen LogP contribution in [0.1, 0.15) is 5.56 Å². The quantitative estimate of drug-likeness (QED) is 0.584. The fourth-order valence-corrected chi connectivity index (χ4v) is 2.53. The highest BCUT2D eigenvalue weighted by atomic mass is 35.7. The van der Waals surface area contributed by atoms with Gasteiger partial charge in [-0.2, -0.15) is 5.26 Å². The van der Waals surface area contributed by atoms with Gasteiger partial charge in [0.05, 0.1) is 5.56 Å². The highest BCUT2D eigenvalue weighted by molar-refractivity contribution is 8.14. The van der Waals surface area contributed by atoms with Gasteiger partial charge < -0.3 is 5.11 Å². The summed E-state index contributed by atoms with van der Waals surface area (Å²) in [6, 6.07) is 3.73. The maximum absolute atomic E-state index is 11.0. The van der Waals surface area contributed by atoms with Crippen LogP contribution in [0.4, 0.5) is 0 Å². The molecule has 0 amide bonds. The Morgan fingerprint density at radius 1 is 1.50 bits per heavy atom. The molecule has 14 heavy (non-hydrogen) atoms. The standard InChI is InChI=1S/C7H4ClNO3S2/c8-14(11,12)6-2-5(10)1-4(3-9)7(6)13/h1-2,10,13H. The van der Waals surface area contributed by atoms with Crippen molar-refractivity contribution in [2.45, 2.75) is 9.79 Å². The summed E-state index contributed by atoms with van der Waals surface area (Å²) < 4.78 is 21.9. The molecule has 0 saturated carbocycles. The maximum atomic E-state index is 11.0. The molecule has 0 fully saturated rings. The first-order valence-corrected chi connectivity index (χ1v) is 6.02. The maximum Gasteiger partial charge on any atom is 0.262 e. The Hall–Kier alpha value is -0.900. The monoisotopic (exact) mass is 249 g/mol. The van der Waals surface area contributed by atoms with Crippen molar-refractivity contribution in [1.29, 1.82) is 5.26 Å². The Labute approximate surface area is 90.6 Å². The molecule has 0 aliphatic heterocycles. The molecule has 0 aromatic heterocycles. The second-order valence-electron chi connectivity index (χ2n) is 2.39. The number of nitrogens with zero attached hydrogens (tertiary/aromatic N) is 1. The molecule has 1 N–H and O–H groups in total. The zero-order chi connectivity index (χ0) is 10.9. The lowest BCUT2D eigenvalue weighted by Crippen LogP contribution is -1.94. The Kier molecular flexibility index (Phi) is 2.95. The number of benzene rings is 1. The molecule has 74 valence electrons. The lowest BCUT2D eigenvalue weighted by atomic mass is 10.2. The molecule has 0 spiro atoms. The number of phenolic OH excluding ortho intramolecular Hbond substituents is 1. The van der Waals surface area contributed by atoms with Gasteiger partial charge in [-0.15, -0.1) is 12.6 Å². The number of rotatable bonds is 1. The first-order valence-electron chi connectivity index (χ1n) is 3.27. The van der Waals surface area contributed by atoms with Crippen LogP contribution in [0, 0.1) is 11.3 Å². The highest BCUT2D eigenvalue weighted by Crippen LogP contribution is 2.30. The van der Waals surface area contributed by atoms with Crippen molar-refractivity contribution in [2.24, 2.45) is 0 Å². The summed E-state index contributed by atoms with van der Waals surface area (Å²) in [4.78, 5) is -0.445. The zero-order valence-corrected chi connectivity index (χ0v) is 9.07. The topological polar surface area (TPSA) is 78.2 Å². The van der Waals surface area contributed by atoms with Crippen LogP contribution in [-0.2, 0) is 9.05 Å². The Morgan fingerprint density at radius 2 is 2.07 bits per heavy atom. The van der Waals surface area contributed by atoms with Gasteiger partial charge in [-0.1, -0.05) is 0 Å². The third kappa shape index (κ3) is 2.12. The summed E-state index contributed by atoms with van der Waals surface area (Å²) in [6.07, 6.45) is 0. The van der Waals surface area contributed by atoms with Gasteiger partial charge in [-0.25, -0.2) is 8.42 Å². The average molecular weight is 250 g/mol. The predicted octanol–water partition coefficient (Wildman–Crippen LogP) is 1.48. The fraction of sp³-hybridized carbons (Fsp3) is 0. The van der Waals surface area contributed by atoms with Crippen molar-refractivity contribution in [3.8, 4) is 11.8 Å². The van der Waals surface area contributed by atoms with Crippen LogP contribution in [0.2, 0.25) is 0 Å². The summed E-state index contributed by atoms with van der Waals surface area (Å²) in [6.45, 7) is 0. The Morgan fingerprint density at radius 3 is 2.50 bits per heavy atom. The lowest BCUT2D eigenvalue weighted by molar-refractivity contribution is 0.472. The second-order valence-corrected chi connectivity index (χ2v) is 5.37. The number of hydrogen-bond acceptors (Lipinski definition) is 5. The summed E-state index contributed by atoms with van der Waals surface area (Å²) in [5.74, 6) is -0.349. The molecule has 1 aromatic rings. The summed E-state index contributed by atoms with van der Waals surface area (Å²) >= 11 is 3.83. The first-order chi connectivity index (χ1) is 6.36. The molecule has 1 aromatic carbocycles. The number of phenols is 1. The number of halogens is 1. The molecule has 0 aliphatic rings. The minimum atomic E-state index is -4.00. The number of nitriles is 1. The normalized spacial score (nSPS) is 10.9. The van der Waals surface area contributed by atoms with E-state index in [0.29, 0.717) is 0 Å². The molecule has 4 nitrogen and oxygen atoms in total. The van der Waals surface area contributed by atoms with Crippen LogP contribution in [0.25, 0.3) is 0 Å². The highest BCUT2D eigenvalue weighted by Gasteiger charge is 2.18. The van der Waals surface area contributed by atoms with Gasteiger partial charge in [0.2, 0.25) is 0 Å². The van der Waals surface area contributed by atoms with E-state index in [9.17, 15) is 8.42 Å². The van der Waals surface area contributed by atoms with Crippen molar-refractivity contribution in [3.05, 3.63) is 17.7 Å². The van der Waals surface area contributed by atoms with Gasteiger partial charge in [0.25, 0.3) is 9.05 Å².